The van der Waals surface area contributed by atoms with E-state index < -0.39 is 0 Å². The van der Waals surface area contributed by atoms with Gasteiger partial charge in [-0.2, -0.15) is 0 Å². The standard InChI is InChI=1S/C8H8NOTe/c1-6-2-4-7(5-3-6)9-8(10)11/h2-5H,1H3,(H,9,10). The van der Waals surface area contributed by atoms with E-state index in [1.807, 2.05) is 31.2 Å². The average molecular weight is 262 g/mol. The third-order valence-corrected chi connectivity index (χ3v) is 1.59. The van der Waals surface area contributed by atoms with Crippen molar-refractivity contribution in [2.24, 2.45) is 0 Å². The van der Waals surface area contributed by atoms with Gasteiger partial charge in [-0.15, -0.1) is 0 Å². The molecule has 0 spiro atoms. The summed E-state index contributed by atoms with van der Waals surface area (Å²) in [5.74, 6) is 0. The Morgan fingerprint density at radius 3 is 2.36 bits per heavy atom. The van der Waals surface area contributed by atoms with Gasteiger partial charge in [-0.3, -0.25) is 0 Å². The topological polar surface area (TPSA) is 29.1 Å². The molecule has 0 heterocycles. The molecule has 1 N–H and O–H groups in total. The molecule has 0 fully saturated rings. The van der Waals surface area contributed by atoms with Crippen LogP contribution in [0.3, 0.4) is 0 Å². The maximum absolute atomic E-state index is 10.6. The predicted octanol–water partition coefficient (Wildman–Crippen LogP) is 1.70. The molecule has 1 amide bonds. The summed E-state index contributed by atoms with van der Waals surface area (Å²) in [7, 11) is 0. The molecule has 1 aromatic rings. The van der Waals surface area contributed by atoms with E-state index >= 15 is 0 Å². The van der Waals surface area contributed by atoms with Gasteiger partial charge in [0.15, 0.2) is 0 Å². The first-order valence-corrected chi connectivity index (χ1v) is 4.39. The Bertz CT molecular complexity index is 255. The number of nitrogens with one attached hydrogen (secondary N) is 1. The average Bonchev–Trinajstić information content (AvgIpc) is 1.93. The summed E-state index contributed by atoms with van der Waals surface area (Å²) in [4.78, 5) is 10.6. The molecule has 0 unspecified atom stereocenters. The van der Waals surface area contributed by atoms with Crippen molar-refractivity contribution in [1.82, 2.24) is 0 Å². The van der Waals surface area contributed by atoms with Crippen LogP contribution in [-0.2, 0) is 0 Å². The Balaban J connectivity index is 2.74. The van der Waals surface area contributed by atoms with Crippen LogP contribution in [0.15, 0.2) is 24.3 Å². The molecule has 57 valence electrons. The number of aryl methyl sites for hydroxylation is 1. The molecule has 0 saturated heterocycles. The summed E-state index contributed by atoms with van der Waals surface area (Å²) >= 11 is 1.43. The Hall–Kier alpha value is -0.520. The molecule has 0 saturated carbocycles. The van der Waals surface area contributed by atoms with Crippen LogP contribution in [0.5, 0.6) is 0 Å². The van der Waals surface area contributed by atoms with Crippen molar-refractivity contribution in [3.8, 4) is 0 Å². The molecule has 1 rings (SSSR count). The Morgan fingerprint density at radius 1 is 1.36 bits per heavy atom. The quantitative estimate of drug-likeness (QED) is 0.766. The normalized spacial score (nSPS) is 9.18. The SMILES string of the molecule is Cc1ccc(NC(=O)[Te])cc1. The maximum atomic E-state index is 10.6. The van der Waals surface area contributed by atoms with Gasteiger partial charge in [-0.05, 0) is 0 Å². The van der Waals surface area contributed by atoms with Crippen LogP contribution in [0.4, 0.5) is 10.5 Å². The number of benzene rings is 1. The molecule has 0 aliphatic rings. The van der Waals surface area contributed by atoms with Gasteiger partial charge in [-0.1, -0.05) is 0 Å². The van der Waals surface area contributed by atoms with Gasteiger partial charge in [0.1, 0.15) is 0 Å². The molecule has 1 aromatic carbocycles. The first-order valence-electron chi connectivity index (χ1n) is 3.23. The van der Waals surface area contributed by atoms with Crippen molar-refractivity contribution in [2.45, 2.75) is 6.92 Å². The van der Waals surface area contributed by atoms with Crippen LogP contribution in [0.2, 0.25) is 0 Å². The number of hydrogen-bond acceptors (Lipinski definition) is 1. The van der Waals surface area contributed by atoms with Crippen molar-refractivity contribution in [1.29, 1.82) is 0 Å². The first-order chi connectivity index (χ1) is 5.18. The van der Waals surface area contributed by atoms with Gasteiger partial charge in [0.25, 0.3) is 0 Å². The van der Waals surface area contributed by atoms with Crippen LogP contribution in [0, 0.1) is 6.92 Å². The van der Waals surface area contributed by atoms with Crippen LogP contribution in [-0.4, -0.2) is 26.2 Å². The fraction of sp³-hybridized carbons (Fsp3) is 0.125. The molecule has 1 radical (unpaired) electrons. The molecule has 3 heteroatoms. The first kappa shape index (κ1) is 8.58. The van der Waals surface area contributed by atoms with E-state index in [0.29, 0.717) is 0 Å². The van der Waals surface area contributed by atoms with E-state index in [9.17, 15) is 4.79 Å². The second-order valence-corrected chi connectivity index (χ2v) is 3.34. The Morgan fingerprint density at radius 2 is 1.91 bits per heavy atom. The zero-order chi connectivity index (χ0) is 8.27. The fourth-order valence-corrected chi connectivity index (χ4v) is 1.09. The van der Waals surface area contributed by atoms with Gasteiger partial charge < -0.3 is 0 Å². The van der Waals surface area contributed by atoms with Gasteiger partial charge in [0.2, 0.25) is 0 Å². The molecule has 0 aromatic heterocycles. The van der Waals surface area contributed by atoms with E-state index in [0.717, 1.165) is 5.69 Å². The number of carbonyl (C=O) groups is 1. The summed E-state index contributed by atoms with van der Waals surface area (Å²) in [5.41, 5.74) is 2.05. The number of anilines is 1. The van der Waals surface area contributed by atoms with E-state index in [2.05, 4.69) is 5.32 Å². The fourth-order valence-electron chi connectivity index (χ4n) is 0.755. The summed E-state index contributed by atoms with van der Waals surface area (Å²) in [6.45, 7) is 2.01. The molecule has 11 heavy (non-hydrogen) atoms. The van der Waals surface area contributed by atoms with Crippen LogP contribution >= 0.6 is 0 Å². The molecule has 2 nitrogen and oxygen atoms in total. The van der Waals surface area contributed by atoms with Gasteiger partial charge in [0, 0.05) is 0 Å². The van der Waals surface area contributed by atoms with Gasteiger partial charge in [0.05, 0.1) is 0 Å². The summed E-state index contributed by atoms with van der Waals surface area (Å²) in [6.07, 6.45) is 0. The minimum absolute atomic E-state index is 0.0235. The van der Waals surface area contributed by atoms with E-state index in [1.165, 1.54) is 27.9 Å². The number of amides is 1. The number of carbonyl (C=O) groups excluding carboxylic acids is 1. The molecule has 0 aliphatic heterocycles. The van der Waals surface area contributed by atoms with E-state index in [4.69, 9.17) is 0 Å². The van der Waals surface area contributed by atoms with Gasteiger partial charge in [-0.25, -0.2) is 0 Å². The molecule has 0 atom stereocenters. The van der Waals surface area contributed by atoms with E-state index in [1.54, 1.807) is 0 Å². The molecular weight excluding hydrogens is 254 g/mol. The molecule has 0 aliphatic carbocycles. The summed E-state index contributed by atoms with van der Waals surface area (Å²) < 4.78 is -0.0235. The second-order valence-electron chi connectivity index (χ2n) is 2.28. The summed E-state index contributed by atoms with van der Waals surface area (Å²) in [6, 6.07) is 7.70. The van der Waals surface area contributed by atoms with Crippen molar-refractivity contribution >= 4 is 31.9 Å². The zero-order valence-corrected chi connectivity index (χ0v) is 8.46. The molecule has 0 bridgehead atoms. The minimum atomic E-state index is -0.0235. The monoisotopic (exact) mass is 264 g/mol. The van der Waals surface area contributed by atoms with Crippen LogP contribution in [0.25, 0.3) is 0 Å². The van der Waals surface area contributed by atoms with Crippen molar-refractivity contribution < 1.29 is 4.79 Å². The Labute approximate surface area is 78.9 Å². The predicted molar refractivity (Wildman–Crippen MR) is 46.0 cm³/mol. The van der Waals surface area contributed by atoms with Crippen molar-refractivity contribution in [2.75, 3.05) is 5.32 Å². The Kier molecular flexibility index (Phi) is 2.92. The third-order valence-electron chi connectivity index (χ3n) is 1.30. The number of rotatable bonds is 1. The van der Waals surface area contributed by atoms with Crippen molar-refractivity contribution in [3.63, 3.8) is 0 Å². The van der Waals surface area contributed by atoms with Crippen molar-refractivity contribution in [3.05, 3.63) is 29.8 Å². The second kappa shape index (κ2) is 3.75. The van der Waals surface area contributed by atoms with Gasteiger partial charge >= 0.3 is 78.8 Å². The van der Waals surface area contributed by atoms with E-state index in [-0.39, 0.29) is 3.96 Å². The number of hydrogen-bond donors (Lipinski definition) is 1. The zero-order valence-electron chi connectivity index (χ0n) is 6.13. The third kappa shape index (κ3) is 2.92. The molecular formula is C8H8NOTe. The summed E-state index contributed by atoms with van der Waals surface area (Å²) in [5, 5.41) is 2.70. The van der Waals surface area contributed by atoms with Crippen LogP contribution in [0.1, 0.15) is 5.56 Å². The van der Waals surface area contributed by atoms with Crippen LogP contribution < -0.4 is 5.32 Å².